The standard InChI is InChI=1S/C37H39Cl2FN2O6/c1-22(38)29(23(2)39)20-32(26-10-13-31(45-3)33(18-26)46-4)47-36(43)28-12-11-27(19-30(28)40)41-35(25-8-6-5-7-9-25)37(44)48-34-21-42-16-14-24(34)15-17-42/h5-13,18-19,24,32,34-35,41H,1,14-17,20-21H2,2-4H3/b29-23+/t32-,34-,35?/m0/s1. The van der Waals surface area contributed by atoms with Gasteiger partial charge in [-0.15, -0.1) is 0 Å². The van der Waals surface area contributed by atoms with Crippen LogP contribution in [0.25, 0.3) is 0 Å². The van der Waals surface area contributed by atoms with Gasteiger partial charge < -0.3 is 24.3 Å². The summed E-state index contributed by atoms with van der Waals surface area (Å²) in [5.74, 6) is -0.959. The molecule has 1 N–H and O–H groups in total. The zero-order valence-electron chi connectivity index (χ0n) is 27.1. The van der Waals surface area contributed by atoms with Crippen LogP contribution in [0.2, 0.25) is 0 Å². The number of halogens is 3. The predicted octanol–water partition coefficient (Wildman–Crippen LogP) is 8.19. The van der Waals surface area contributed by atoms with Crippen molar-refractivity contribution in [3.8, 4) is 11.5 Å². The van der Waals surface area contributed by atoms with Gasteiger partial charge in [0.05, 0.1) is 19.8 Å². The van der Waals surface area contributed by atoms with Crippen molar-refractivity contribution in [2.24, 2.45) is 5.92 Å². The van der Waals surface area contributed by atoms with Gasteiger partial charge in [-0.05, 0) is 85.8 Å². The third-order valence-corrected chi connectivity index (χ3v) is 9.35. The molecule has 3 atom stereocenters. The highest BCUT2D eigenvalue weighted by Gasteiger charge is 2.38. The number of anilines is 1. The number of nitrogens with zero attached hydrogens (tertiary/aromatic N) is 1. The van der Waals surface area contributed by atoms with E-state index in [2.05, 4.69) is 16.8 Å². The van der Waals surface area contributed by atoms with E-state index in [9.17, 15) is 9.59 Å². The Labute approximate surface area is 290 Å². The number of esters is 2. The molecule has 1 unspecified atom stereocenters. The van der Waals surface area contributed by atoms with Crippen LogP contribution in [0.3, 0.4) is 0 Å². The van der Waals surface area contributed by atoms with Crippen LogP contribution < -0.4 is 14.8 Å². The number of hydrogen-bond donors (Lipinski definition) is 1. The second kappa shape index (κ2) is 15.9. The molecule has 3 fully saturated rings. The van der Waals surface area contributed by atoms with Crippen LogP contribution in [-0.4, -0.2) is 56.8 Å². The van der Waals surface area contributed by atoms with E-state index in [0.717, 1.165) is 32.0 Å². The zero-order valence-corrected chi connectivity index (χ0v) is 28.7. The highest BCUT2D eigenvalue weighted by Crippen LogP contribution is 2.37. The maximum atomic E-state index is 15.7. The first-order valence-corrected chi connectivity index (χ1v) is 16.5. The Hall–Kier alpha value is -4.05. The molecule has 3 aliphatic rings. The molecule has 11 heteroatoms. The summed E-state index contributed by atoms with van der Waals surface area (Å²) in [5.41, 5.74) is 1.68. The van der Waals surface area contributed by atoms with Gasteiger partial charge in [0.2, 0.25) is 0 Å². The number of carbonyl (C=O) groups is 2. The minimum atomic E-state index is -0.933. The van der Waals surface area contributed by atoms with Crippen LogP contribution in [0, 0.1) is 11.7 Å². The Bertz CT molecular complexity index is 1670. The number of methoxy groups -OCH3 is 2. The highest BCUT2D eigenvalue weighted by molar-refractivity contribution is 6.35. The molecule has 0 aliphatic carbocycles. The van der Waals surface area contributed by atoms with Crippen LogP contribution in [0.1, 0.15) is 59.8 Å². The molecule has 0 spiro atoms. The van der Waals surface area contributed by atoms with Crippen molar-refractivity contribution < 1.29 is 32.9 Å². The molecule has 48 heavy (non-hydrogen) atoms. The second-order valence-corrected chi connectivity index (χ2v) is 12.9. The molecule has 3 saturated heterocycles. The van der Waals surface area contributed by atoms with Gasteiger partial charge in [-0.2, -0.15) is 0 Å². The number of allylic oxidation sites excluding steroid dienone is 2. The summed E-state index contributed by atoms with van der Waals surface area (Å²) >= 11 is 12.5. The lowest BCUT2D eigenvalue weighted by Crippen LogP contribution is -2.52. The zero-order chi connectivity index (χ0) is 34.4. The number of hydrogen-bond acceptors (Lipinski definition) is 8. The molecule has 3 heterocycles. The number of carbonyl (C=O) groups excluding carboxylic acids is 2. The third kappa shape index (κ3) is 8.32. The fourth-order valence-corrected chi connectivity index (χ4v) is 6.68. The number of nitrogens with one attached hydrogen (secondary N) is 1. The number of rotatable bonds is 13. The van der Waals surface area contributed by atoms with Gasteiger partial charge in [0, 0.05) is 28.7 Å². The molecule has 8 nitrogen and oxygen atoms in total. The summed E-state index contributed by atoms with van der Waals surface area (Å²) in [4.78, 5) is 29.3. The highest BCUT2D eigenvalue weighted by atomic mass is 35.5. The average Bonchev–Trinajstić information content (AvgIpc) is 3.09. The summed E-state index contributed by atoms with van der Waals surface area (Å²) < 4.78 is 38.3. The quantitative estimate of drug-likeness (QED) is 0.141. The smallest absolute Gasteiger partial charge is 0.341 e. The normalized spacial score (nSPS) is 20.2. The predicted molar refractivity (Wildman–Crippen MR) is 184 cm³/mol. The number of benzene rings is 3. The molecule has 0 saturated carbocycles. The molecule has 6 rings (SSSR count). The summed E-state index contributed by atoms with van der Waals surface area (Å²) in [6, 6.07) is 17.3. The van der Waals surface area contributed by atoms with Crippen LogP contribution in [0.5, 0.6) is 11.5 Å². The summed E-state index contributed by atoms with van der Waals surface area (Å²) in [6.45, 7) is 8.19. The van der Waals surface area contributed by atoms with Crippen molar-refractivity contribution in [2.75, 3.05) is 39.2 Å². The van der Waals surface area contributed by atoms with Crippen molar-refractivity contribution in [3.05, 3.63) is 111 Å². The molecule has 3 aromatic carbocycles. The number of fused-ring (bicyclic) bond motifs is 3. The number of piperidine rings is 3. The van der Waals surface area contributed by atoms with E-state index >= 15 is 4.39 Å². The van der Waals surface area contributed by atoms with Crippen LogP contribution in [0.4, 0.5) is 10.1 Å². The van der Waals surface area contributed by atoms with Gasteiger partial charge in [0.15, 0.2) is 17.5 Å². The Kier molecular flexibility index (Phi) is 11.7. The largest absolute Gasteiger partial charge is 0.493 e. The maximum absolute atomic E-state index is 15.7. The molecular formula is C37H39Cl2FN2O6. The first-order chi connectivity index (χ1) is 23.1. The van der Waals surface area contributed by atoms with E-state index in [1.165, 1.54) is 26.4 Å². The van der Waals surface area contributed by atoms with Gasteiger partial charge in [-0.3, -0.25) is 4.90 Å². The lowest BCUT2D eigenvalue weighted by atomic mass is 9.86. The topological polar surface area (TPSA) is 86.3 Å². The van der Waals surface area contributed by atoms with E-state index in [1.54, 1.807) is 25.1 Å². The van der Waals surface area contributed by atoms with Crippen LogP contribution in [-0.2, 0) is 14.3 Å². The van der Waals surface area contributed by atoms with E-state index in [4.69, 9.17) is 42.1 Å². The first kappa shape index (κ1) is 35.3. The summed E-state index contributed by atoms with van der Waals surface area (Å²) in [6.07, 6.45) is 0.953. The van der Waals surface area contributed by atoms with Gasteiger partial charge in [0.25, 0.3) is 0 Å². The second-order valence-electron chi connectivity index (χ2n) is 11.9. The van der Waals surface area contributed by atoms with Gasteiger partial charge in [-0.25, -0.2) is 14.0 Å². The fourth-order valence-electron chi connectivity index (χ4n) is 6.22. The van der Waals surface area contributed by atoms with E-state index in [1.807, 2.05) is 30.3 Å². The molecule has 0 aromatic heterocycles. The molecule has 3 aromatic rings. The fraction of sp³-hybridized carbons (Fsp3) is 0.351. The Balaban J connectivity index is 1.37. The summed E-state index contributed by atoms with van der Waals surface area (Å²) in [5, 5.41) is 3.68. The Morgan fingerprint density at radius 1 is 0.979 bits per heavy atom. The molecule has 3 aliphatic heterocycles. The Morgan fingerprint density at radius 2 is 1.69 bits per heavy atom. The van der Waals surface area contributed by atoms with Crippen molar-refractivity contribution in [1.82, 2.24) is 4.90 Å². The van der Waals surface area contributed by atoms with Gasteiger partial charge >= 0.3 is 11.9 Å². The van der Waals surface area contributed by atoms with E-state index in [0.29, 0.717) is 51.4 Å². The Morgan fingerprint density at radius 3 is 2.27 bits per heavy atom. The molecule has 254 valence electrons. The van der Waals surface area contributed by atoms with Crippen LogP contribution >= 0.6 is 23.2 Å². The maximum Gasteiger partial charge on any atom is 0.341 e. The van der Waals surface area contributed by atoms with Gasteiger partial charge in [0.1, 0.15) is 18.0 Å². The van der Waals surface area contributed by atoms with E-state index < -0.39 is 29.9 Å². The number of ether oxygens (including phenoxy) is 4. The lowest BCUT2D eigenvalue weighted by molar-refractivity contribution is -0.159. The summed E-state index contributed by atoms with van der Waals surface area (Å²) in [7, 11) is 3.00. The van der Waals surface area contributed by atoms with Crippen molar-refractivity contribution in [2.45, 2.75) is 44.4 Å². The average molecular weight is 698 g/mol. The SMILES string of the molecule is C=C(Cl)/C(C[C@H](OC(=O)c1ccc(NC(C(=O)O[C@H]2CN3CCC2CC3)c2ccccc2)cc1F)c1ccc(OC)c(OC)c1)=C(\C)Cl. The minimum Gasteiger partial charge on any atom is -0.493 e. The lowest BCUT2D eigenvalue weighted by Gasteiger charge is -2.44. The molecule has 2 bridgehead atoms. The molecule has 0 radical (unpaired) electrons. The minimum absolute atomic E-state index is 0.0701. The van der Waals surface area contributed by atoms with Crippen molar-refractivity contribution >= 4 is 40.8 Å². The molecule has 0 amide bonds. The first-order valence-electron chi connectivity index (χ1n) is 15.7. The van der Waals surface area contributed by atoms with Crippen LogP contribution in [0.15, 0.2) is 88.9 Å². The monoisotopic (exact) mass is 696 g/mol. The van der Waals surface area contributed by atoms with Gasteiger partial charge in [-0.1, -0.05) is 66.2 Å². The molecular weight excluding hydrogens is 658 g/mol. The third-order valence-electron chi connectivity index (χ3n) is 8.89. The van der Waals surface area contributed by atoms with Crippen molar-refractivity contribution in [3.63, 3.8) is 0 Å². The van der Waals surface area contributed by atoms with Crippen molar-refractivity contribution in [1.29, 1.82) is 0 Å². The van der Waals surface area contributed by atoms with E-state index in [-0.39, 0.29) is 23.1 Å².